The quantitative estimate of drug-likeness (QED) is 0.665. The van der Waals surface area contributed by atoms with Crippen molar-refractivity contribution in [2.45, 2.75) is 13.5 Å². The smallest absolute Gasteiger partial charge is 0.223 e. The molecule has 0 saturated heterocycles. The highest BCUT2D eigenvalue weighted by molar-refractivity contribution is 5.76. The van der Waals surface area contributed by atoms with Gasteiger partial charge >= 0.3 is 0 Å². The molecule has 0 spiro atoms. The third kappa shape index (κ3) is 5.54. The zero-order valence-corrected chi connectivity index (χ0v) is 11.8. The van der Waals surface area contributed by atoms with Crippen LogP contribution >= 0.6 is 0 Å². The molecule has 1 amide bonds. The molecule has 0 aromatic heterocycles. The van der Waals surface area contributed by atoms with Crippen molar-refractivity contribution in [1.82, 2.24) is 5.32 Å². The molecule has 20 heavy (non-hydrogen) atoms. The van der Waals surface area contributed by atoms with Crippen molar-refractivity contribution in [3.05, 3.63) is 29.6 Å². The molecule has 3 N–H and O–H groups in total. The van der Waals surface area contributed by atoms with E-state index in [0.717, 1.165) is 0 Å². The maximum Gasteiger partial charge on any atom is 0.223 e. The first-order valence-corrected chi connectivity index (χ1v) is 6.44. The number of methoxy groups -OCH3 is 1. The number of halogens is 1. The summed E-state index contributed by atoms with van der Waals surface area (Å²) in [6.07, 6.45) is 0. The minimum absolute atomic E-state index is 0.173. The molecular formula is C14H21FN2O3. The molecule has 1 atom stereocenters. The molecule has 1 rings (SSSR count). The largest absolute Gasteiger partial charge is 0.492 e. The number of hydrogen-bond donors (Lipinski definition) is 2. The lowest BCUT2D eigenvalue weighted by atomic mass is 10.1. The van der Waals surface area contributed by atoms with Crippen LogP contribution in [0.3, 0.4) is 0 Å². The fourth-order valence-electron chi connectivity index (χ4n) is 1.52. The van der Waals surface area contributed by atoms with Crippen molar-refractivity contribution >= 4 is 5.91 Å². The predicted octanol–water partition coefficient (Wildman–Crippen LogP) is 1.06. The maximum absolute atomic E-state index is 13.3. The Morgan fingerprint density at radius 3 is 2.90 bits per heavy atom. The second-order valence-electron chi connectivity index (χ2n) is 4.54. The van der Waals surface area contributed by atoms with Crippen molar-refractivity contribution in [3.8, 4) is 5.75 Å². The molecule has 6 heteroatoms. The standard InChI is InChI=1S/C14H21FN2O3/c1-10(14(16)18)9-20-13-4-3-12(15)7-11(13)8-17-5-6-19-2/h3-4,7,10,17H,5-6,8-9H2,1-2H3,(H2,16,18). The lowest BCUT2D eigenvalue weighted by molar-refractivity contribution is -0.122. The summed E-state index contributed by atoms with van der Waals surface area (Å²) < 4.78 is 23.7. The topological polar surface area (TPSA) is 73.6 Å². The highest BCUT2D eigenvalue weighted by atomic mass is 19.1. The van der Waals surface area contributed by atoms with Gasteiger partial charge in [-0.2, -0.15) is 0 Å². The van der Waals surface area contributed by atoms with Gasteiger partial charge in [-0.25, -0.2) is 4.39 Å². The molecule has 1 aromatic carbocycles. The van der Waals surface area contributed by atoms with Crippen LogP contribution in [0.5, 0.6) is 5.75 Å². The molecule has 0 aliphatic carbocycles. The molecule has 0 saturated carbocycles. The zero-order chi connectivity index (χ0) is 15.0. The maximum atomic E-state index is 13.3. The van der Waals surface area contributed by atoms with Crippen LogP contribution in [0.25, 0.3) is 0 Å². The number of hydrogen-bond acceptors (Lipinski definition) is 4. The summed E-state index contributed by atoms with van der Waals surface area (Å²) >= 11 is 0. The first-order valence-electron chi connectivity index (χ1n) is 6.44. The second kappa shape index (κ2) is 8.50. The average molecular weight is 284 g/mol. The van der Waals surface area contributed by atoms with E-state index in [-0.39, 0.29) is 12.4 Å². The molecule has 1 unspecified atom stereocenters. The van der Waals surface area contributed by atoms with Crippen molar-refractivity contribution in [1.29, 1.82) is 0 Å². The fourth-order valence-corrected chi connectivity index (χ4v) is 1.52. The molecule has 5 nitrogen and oxygen atoms in total. The third-order valence-corrected chi connectivity index (χ3v) is 2.80. The molecule has 112 valence electrons. The molecule has 0 aliphatic rings. The van der Waals surface area contributed by atoms with Gasteiger partial charge in [0.15, 0.2) is 0 Å². The van der Waals surface area contributed by atoms with E-state index in [0.29, 0.717) is 31.0 Å². The van der Waals surface area contributed by atoms with Gasteiger partial charge in [0.1, 0.15) is 11.6 Å². The molecule has 0 radical (unpaired) electrons. The van der Waals surface area contributed by atoms with Crippen molar-refractivity contribution in [3.63, 3.8) is 0 Å². The lowest BCUT2D eigenvalue weighted by Crippen LogP contribution is -2.26. The van der Waals surface area contributed by atoms with Crippen LogP contribution in [0, 0.1) is 11.7 Å². The summed E-state index contributed by atoms with van der Waals surface area (Å²) in [6.45, 7) is 3.55. The molecule has 1 aromatic rings. The Bertz CT molecular complexity index is 440. The minimum atomic E-state index is -0.424. The molecule has 0 bridgehead atoms. The van der Waals surface area contributed by atoms with Crippen LogP contribution < -0.4 is 15.8 Å². The van der Waals surface area contributed by atoms with Gasteiger partial charge in [-0.1, -0.05) is 6.92 Å². The highest BCUT2D eigenvalue weighted by Crippen LogP contribution is 2.20. The number of carbonyl (C=O) groups is 1. The van der Waals surface area contributed by atoms with Gasteiger partial charge in [0.2, 0.25) is 5.91 Å². The van der Waals surface area contributed by atoms with Crippen molar-refractivity contribution in [2.24, 2.45) is 11.7 Å². The summed E-state index contributed by atoms with van der Waals surface area (Å²) in [7, 11) is 1.61. The highest BCUT2D eigenvalue weighted by Gasteiger charge is 2.11. The van der Waals surface area contributed by atoms with E-state index in [4.69, 9.17) is 15.2 Å². The van der Waals surface area contributed by atoms with Crippen molar-refractivity contribution < 1.29 is 18.7 Å². The van der Waals surface area contributed by atoms with E-state index >= 15 is 0 Å². The van der Waals surface area contributed by atoms with Crippen LogP contribution in [-0.4, -0.2) is 32.8 Å². The number of nitrogens with one attached hydrogen (secondary N) is 1. The lowest BCUT2D eigenvalue weighted by Gasteiger charge is -2.14. The summed E-state index contributed by atoms with van der Waals surface area (Å²) in [4.78, 5) is 11.0. The van der Waals surface area contributed by atoms with Gasteiger partial charge in [0, 0.05) is 25.8 Å². The van der Waals surface area contributed by atoms with Crippen LogP contribution in [-0.2, 0) is 16.1 Å². The van der Waals surface area contributed by atoms with E-state index in [2.05, 4.69) is 5.32 Å². The number of ether oxygens (including phenoxy) is 2. The normalized spacial score (nSPS) is 12.2. The third-order valence-electron chi connectivity index (χ3n) is 2.80. The van der Waals surface area contributed by atoms with Gasteiger partial charge in [-0.15, -0.1) is 0 Å². The Morgan fingerprint density at radius 2 is 2.25 bits per heavy atom. The second-order valence-corrected chi connectivity index (χ2v) is 4.54. The van der Waals surface area contributed by atoms with Gasteiger partial charge in [0.05, 0.1) is 19.1 Å². The van der Waals surface area contributed by atoms with E-state index in [1.807, 2.05) is 0 Å². The summed E-state index contributed by atoms with van der Waals surface area (Å²) in [5.74, 6) is -0.602. The van der Waals surface area contributed by atoms with Crippen molar-refractivity contribution in [2.75, 3.05) is 26.9 Å². The Morgan fingerprint density at radius 1 is 1.50 bits per heavy atom. The minimum Gasteiger partial charge on any atom is -0.492 e. The monoisotopic (exact) mass is 284 g/mol. The van der Waals surface area contributed by atoms with Crippen LogP contribution in [0.4, 0.5) is 4.39 Å². The average Bonchev–Trinajstić information content (AvgIpc) is 2.42. The number of amides is 1. The fraction of sp³-hybridized carbons (Fsp3) is 0.500. The predicted molar refractivity (Wildman–Crippen MR) is 73.8 cm³/mol. The number of benzene rings is 1. The molecule has 0 aliphatic heterocycles. The zero-order valence-electron chi connectivity index (χ0n) is 11.8. The first-order chi connectivity index (χ1) is 9.54. The molecular weight excluding hydrogens is 263 g/mol. The molecule has 0 heterocycles. The van der Waals surface area contributed by atoms with Crippen LogP contribution in [0.15, 0.2) is 18.2 Å². The van der Waals surface area contributed by atoms with Gasteiger partial charge < -0.3 is 20.5 Å². The Kier molecular flexibility index (Phi) is 6.97. The number of primary amides is 1. The van der Waals surface area contributed by atoms with Gasteiger partial charge in [-0.05, 0) is 18.2 Å². The Hall–Kier alpha value is -1.66. The van der Waals surface area contributed by atoms with E-state index in [1.54, 1.807) is 20.1 Å². The van der Waals surface area contributed by atoms with Gasteiger partial charge in [-0.3, -0.25) is 4.79 Å². The van der Waals surface area contributed by atoms with Gasteiger partial charge in [0.25, 0.3) is 0 Å². The number of carbonyl (C=O) groups excluding carboxylic acids is 1. The number of nitrogens with two attached hydrogens (primary N) is 1. The summed E-state index contributed by atoms with van der Waals surface area (Å²) in [5, 5.41) is 3.12. The van der Waals surface area contributed by atoms with Crippen LogP contribution in [0.2, 0.25) is 0 Å². The first kappa shape index (κ1) is 16.4. The van der Waals surface area contributed by atoms with E-state index in [9.17, 15) is 9.18 Å². The summed E-state index contributed by atoms with van der Waals surface area (Å²) in [5.41, 5.74) is 5.86. The Balaban J connectivity index is 2.62. The molecule has 0 fully saturated rings. The van der Waals surface area contributed by atoms with E-state index in [1.165, 1.54) is 12.1 Å². The number of rotatable bonds is 9. The Labute approximate surface area is 118 Å². The van der Waals surface area contributed by atoms with Crippen LogP contribution in [0.1, 0.15) is 12.5 Å². The van der Waals surface area contributed by atoms with E-state index < -0.39 is 11.8 Å². The SMILES string of the molecule is COCCNCc1cc(F)ccc1OCC(C)C(N)=O. The summed E-state index contributed by atoms with van der Waals surface area (Å²) in [6, 6.07) is 4.28.